The lowest BCUT2D eigenvalue weighted by molar-refractivity contribution is -0.127. The molecule has 2 aromatic heterocycles. The van der Waals surface area contributed by atoms with Crippen LogP contribution in [0.15, 0.2) is 84.4 Å². The molecule has 2 bridgehead atoms. The molecule has 1 amide bonds. The fraction of sp³-hybridized carbons (Fsp3) is 0.161. The highest BCUT2D eigenvalue weighted by Gasteiger charge is 2.61. The van der Waals surface area contributed by atoms with Crippen molar-refractivity contribution < 1.29 is 9.18 Å². The number of anilines is 1. The maximum atomic E-state index is 14.4. The van der Waals surface area contributed by atoms with E-state index in [1.807, 2.05) is 60.8 Å². The van der Waals surface area contributed by atoms with Gasteiger partial charge in [0, 0.05) is 28.4 Å². The zero-order chi connectivity index (χ0) is 26.1. The van der Waals surface area contributed by atoms with Gasteiger partial charge in [0.25, 0.3) is 0 Å². The van der Waals surface area contributed by atoms with Crippen LogP contribution >= 0.6 is 11.3 Å². The first-order chi connectivity index (χ1) is 18.5. The van der Waals surface area contributed by atoms with Crippen LogP contribution in [0.25, 0.3) is 22.0 Å². The summed E-state index contributed by atoms with van der Waals surface area (Å²) in [5, 5.41) is 17.2. The molecule has 7 heteroatoms. The molecule has 3 unspecified atom stereocenters. The van der Waals surface area contributed by atoms with Crippen LogP contribution in [0.4, 0.5) is 9.52 Å². The predicted molar refractivity (Wildman–Crippen MR) is 145 cm³/mol. The van der Waals surface area contributed by atoms with E-state index < -0.39 is 10.8 Å². The molecule has 3 aromatic carbocycles. The molecule has 3 atom stereocenters. The third-order valence-electron chi connectivity index (χ3n) is 8.14. The smallest absolute Gasteiger partial charge is 0.233 e. The topological polar surface area (TPSA) is 78.7 Å². The number of hydrogen-bond donors (Lipinski definition) is 1. The summed E-state index contributed by atoms with van der Waals surface area (Å²) in [6.07, 6.45) is 2.05. The summed E-state index contributed by atoms with van der Waals surface area (Å²) in [5.41, 5.74) is 3.18. The van der Waals surface area contributed by atoms with Crippen molar-refractivity contribution in [3.8, 4) is 17.3 Å². The summed E-state index contributed by atoms with van der Waals surface area (Å²) in [4.78, 5) is 23.4. The molecule has 0 saturated carbocycles. The van der Waals surface area contributed by atoms with E-state index in [0.717, 1.165) is 33.3 Å². The lowest BCUT2D eigenvalue weighted by atomic mass is 9.48. The minimum atomic E-state index is -1.00. The van der Waals surface area contributed by atoms with Crippen molar-refractivity contribution in [2.24, 2.45) is 5.41 Å². The molecular weight excluding hydrogens is 495 g/mol. The molecule has 0 spiro atoms. The van der Waals surface area contributed by atoms with Gasteiger partial charge in [0.2, 0.25) is 5.91 Å². The second-order valence-corrected chi connectivity index (χ2v) is 11.1. The monoisotopic (exact) mass is 516 g/mol. The Morgan fingerprint density at radius 1 is 1.05 bits per heavy atom. The molecule has 3 aliphatic carbocycles. The second kappa shape index (κ2) is 8.04. The quantitative estimate of drug-likeness (QED) is 0.286. The Balaban J connectivity index is 1.28. The normalized spacial score (nSPS) is 22.9. The van der Waals surface area contributed by atoms with Gasteiger partial charge in [-0.3, -0.25) is 9.78 Å². The average molecular weight is 517 g/mol. The number of rotatable bonds is 3. The number of benzene rings is 3. The van der Waals surface area contributed by atoms with Crippen LogP contribution in [-0.4, -0.2) is 15.9 Å². The number of carbonyl (C=O) groups is 1. The zero-order valence-electron chi connectivity index (χ0n) is 20.4. The van der Waals surface area contributed by atoms with Crippen molar-refractivity contribution in [1.82, 2.24) is 9.97 Å². The molecule has 8 rings (SSSR count). The van der Waals surface area contributed by atoms with E-state index >= 15 is 0 Å². The third-order valence-corrected chi connectivity index (χ3v) is 8.89. The average Bonchev–Trinajstić information content (AvgIpc) is 3.41. The van der Waals surface area contributed by atoms with E-state index in [4.69, 9.17) is 4.98 Å². The number of nitriles is 1. The highest BCUT2D eigenvalue weighted by Crippen LogP contribution is 2.63. The lowest BCUT2D eigenvalue weighted by Gasteiger charge is -2.53. The van der Waals surface area contributed by atoms with Gasteiger partial charge in [-0.05, 0) is 53.6 Å². The Bertz CT molecular complexity index is 1780. The molecule has 0 radical (unpaired) electrons. The number of nitrogens with one attached hydrogen (secondary N) is 1. The minimum absolute atomic E-state index is 0.184. The van der Waals surface area contributed by atoms with Gasteiger partial charge in [0.15, 0.2) is 5.13 Å². The lowest BCUT2D eigenvalue weighted by Crippen LogP contribution is -2.54. The highest BCUT2D eigenvalue weighted by atomic mass is 32.1. The Morgan fingerprint density at radius 2 is 1.82 bits per heavy atom. The molecular formula is C31H21FN4OS. The van der Waals surface area contributed by atoms with E-state index in [0.29, 0.717) is 22.6 Å². The van der Waals surface area contributed by atoms with Crippen LogP contribution in [-0.2, 0) is 10.2 Å². The van der Waals surface area contributed by atoms with Gasteiger partial charge in [0.05, 0.1) is 22.9 Å². The molecule has 184 valence electrons. The Morgan fingerprint density at radius 3 is 2.66 bits per heavy atom. The molecule has 1 N–H and O–H groups in total. The highest BCUT2D eigenvalue weighted by molar-refractivity contribution is 7.14. The van der Waals surface area contributed by atoms with Gasteiger partial charge >= 0.3 is 0 Å². The van der Waals surface area contributed by atoms with Gasteiger partial charge in [-0.2, -0.15) is 5.26 Å². The Kier molecular flexibility index (Phi) is 4.82. The molecule has 2 heterocycles. The van der Waals surface area contributed by atoms with Crippen LogP contribution in [0.5, 0.6) is 0 Å². The summed E-state index contributed by atoms with van der Waals surface area (Å²) in [7, 11) is 0. The van der Waals surface area contributed by atoms with Crippen LogP contribution in [0, 0.1) is 22.6 Å². The van der Waals surface area contributed by atoms with E-state index in [-0.39, 0.29) is 17.6 Å². The van der Waals surface area contributed by atoms with Gasteiger partial charge in [-0.1, -0.05) is 54.6 Å². The molecule has 0 saturated heterocycles. The van der Waals surface area contributed by atoms with Crippen LogP contribution in [0.3, 0.4) is 0 Å². The third kappa shape index (κ3) is 2.98. The van der Waals surface area contributed by atoms with Crippen LogP contribution in [0.2, 0.25) is 0 Å². The fourth-order valence-corrected chi connectivity index (χ4v) is 7.21. The molecule has 0 fully saturated rings. The summed E-state index contributed by atoms with van der Waals surface area (Å²) in [5.74, 6) is -0.705. The Labute approximate surface area is 222 Å². The van der Waals surface area contributed by atoms with Gasteiger partial charge in [0.1, 0.15) is 11.2 Å². The van der Waals surface area contributed by atoms with Crippen molar-refractivity contribution in [3.05, 3.63) is 113 Å². The van der Waals surface area contributed by atoms with E-state index in [9.17, 15) is 14.4 Å². The Hall–Kier alpha value is -4.41. The standard InChI is InChI=1S/C31H21FN4OS/c1-30(16-31(17-33)23-11-5-4-9-21(23)26(30)22-10-6-14-34-27(22)31)28(37)36-29-35-25(15-38-29)20-12-13-24(32)19-8-3-2-7-18(19)20/h2-15,26H,16H2,1H3,(H,35,36,37). The first-order valence-corrected chi connectivity index (χ1v) is 13.2. The number of amides is 1. The SMILES string of the molecule is CC1(C(=O)Nc2nc(-c3ccc(F)c4ccccc34)cs2)CC2(C#N)c3ccccc3C1c1cccnc12. The predicted octanol–water partition coefficient (Wildman–Crippen LogP) is 6.80. The van der Waals surface area contributed by atoms with Crippen molar-refractivity contribution in [2.75, 3.05) is 5.32 Å². The number of carbonyl (C=O) groups excluding carboxylic acids is 1. The van der Waals surface area contributed by atoms with Crippen molar-refractivity contribution >= 4 is 33.1 Å². The first-order valence-electron chi connectivity index (χ1n) is 12.4. The number of thiazole rings is 1. The number of pyridine rings is 1. The minimum Gasteiger partial charge on any atom is -0.301 e. The summed E-state index contributed by atoms with van der Waals surface area (Å²) in [6.45, 7) is 1.94. The van der Waals surface area contributed by atoms with Crippen molar-refractivity contribution in [2.45, 2.75) is 24.7 Å². The van der Waals surface area contributed by atoms with Crippen molar-refractivity contribution in [3.63, 3.8) is 0 Å². The molecule has 5 nitrogen and oxygen atoms in total. The molecule has 0 aliphatic heterocycles. The second-order valence-electron chi connectivity index (χ2n) is 10.2. The van der Waals surface area contributed by atoms with E-state index in [1.165, 1.54) is 17.4 Å². The van der Waals surface area contributed by atoms with Gasteiger partial charge in [-0.15, -0.1) is 11.3 Å². The maximum absolute atomic E-state index is 14.4. The van der Waals surface area contributed by atoms with E-state index in [2.05, 4.69) is 16.4 Å². The number of nitrogens with zero attached hydrogens (tertiary/aromatic N) is 3. The maximum Gasteiger partial charge on any atom is 0.233 e. The zero-order valence-corrected chi connectivity index (χ0v) is 21.2. The first kappa shape index (κ1) is 22.8. The fourth-order valence-electron chi connectivity index (χ4n) is 6.50. The number of halogens is 1. The molecule has 38 heavy (non-hydrogen) atoms. The molecule has 5 aromatic rings. The summed E-state index contributed by atoms with van der Waals surface area (Å²) >= 11 is 1.33. The summed E-state index contributed by atoms with van der Waals surface area (Å²) in [6, 6.07) is 24.8. The molecule has 3 aliphatic rings. The number of hydrogen-bond acceptors (Lipinski definition) is 5. The van der Waals surface area contributed by atoms with E-state index in [1.54, 1.807) is 24.4 Å². The van der Waals surface area contributed by atoms with Crippen LogP contribution in [0.1, 0.15) is 41.6 Å². The van der Waals surface area contributed by atoms with Gasteiger partial charge < -0.3 is 5.32 Å². The van der Waals surface area contributed by atoms with Gasteiger partial charge in [-0.25, -0.2) is 9.37 Å². The summed E-state index contributed by atoms with van der Waals surface area (Å²) < 4.78 is 14.4. The largest absolute Gasteiger partial charge is 0.301 e. The van der Waals surface area contributed by atoms with Crippen molar-refractivity contribution in [1.29, 1.82) is 5.26 Å². The number of aromatic nitrogens is 2. The van der Waals surface area contributed by atoms with Crippen LogP contribution < -0.4 is 5.32 Å². The number of fused-ring (bicyclic) bond motifs is 2.